The summed E-state index contributed by atoms with van der Waals surface area (Å²) in [5.41, 5.74) is 1.17. The highest BCUT2D eigenvalue weighted by Crippen LogP contribution is 2.31. The first-order valence-electron chi connectivity index (χ1n) is 5.49. The third-order valence-corrected chi connectivity index (χ3v) is 3.16. The maximum absolute atomic E-state index is 13.7. The lowest BCUT2D eigenvalue weighted by Gasteiger charge is -2.10. The van der Waals surface area contributed by atoms with Crippen LogP contribution in [0.3, 0.4) is 0 Å². The molecule has 0 unspecified atom stereocenters. The number of ether oxygens (including phenoxy) is 1. The Morgan fingerprint density at radius 2 is 1.63 bits per heavy atom. The highest BCUT2D eigenvalue weighted by Gasteiger charge is 2.15. The standard InChI is InChI=1S/C14H10BrF3O/c1-8-2-3-10(16)13(4-8)19-14-11(17)5-9(7-15)6-12(14)18/h2-6H,7H2,1H3. The number of alkyl halides is 1. The fourth-order valence-corrected chi connectivity index (χ4v) is 1.91. The Morgan fingerprint density at radius 1 is 1.00 bits per heavy atom. The van der Waals surface area contributed by atoms with Crippen LogP contribution >= 0.6 is 15.9 Å². The molecule has 2 rings (SSSR count). The van der Waals surface area contributed by atoms with Gasteiger partial charge >= 0.3 is 0 Å². The second-order valence-electron chi connectivity index (χ2n) is 4.06. The van der Waals surface area contributed by atoms with E-state index in [4.69, 9.17) is 4.74 Å². The van der Waals surface area contributed by atoms with E-state index < -0.39 is 23.2 Å². The SMILES string of the molecule is Cc1ccc(F)c(Oc2c(F)cc(CBr)cc2F)c1. The van der Waals surface area contributed by atoms with Gasteiger partial charge in [-0.3, -0.25) is 0 Å². The van der Waals surface area contributed by atoms with E-state index in [0.29, 0.717) is 10.9 Å². The van der Waals surface area contributed by atoms with Crippen LogP contribution < -0.4 is 4.74 Å². The molecule has 0 heterocycles. The zero-order valence-electron chi connectivity index (χ0n) is 10.0. The minimum Gasteiger partial charge on any atom is -0.448 e. The molecule has 0 fully saturated rings. The summed E-state index contributed by atoms with van der Waals surface area (Å²) in [6.07, 6.45) is 0. The second kappa shape index (κ2) is 5.65. The number of benzene rings is 2. The Bertz CT molecular complexity index is 591. The van der Waals surface area contributed by atoms with Crippen LogP contribution in [0.2, 0.25) is 0 Å². The van der Waals surface area contributed by atoms with Gasteiger partial charge in [0.15, 0.2) is 29.0 Å². The number of aryl methyl sites for hydroxylation is 1. The lowest BCUT2D eigenvalue weighted by atomic mass is 10.2. The van der Waals surface area contributed by atoms with Gasteiger partial charge < -0.3 is 4.74 Å². The van der Waals surface area contributed by atoms with Crippen LogP contribution in [0.1, 0.15) is 11.1 Å². The summed E-state index contributed by atoms with van der Waals surface area (Å²) < 4.78 is 45.9. The molecule has 0 spiro atoms. The van der Waals surface area contributed by atoms with E-state index in [9.17, 15) is 13.2 Å². The minimum atomic E-state index is -0.865. The summed E-state index contributed by atoms with van der Waals surface area (Å²) in [6, 6.07) is 6.39. The molecular weight excluding hydrogens is 321 g/mol. The van der Waals surface area contributed by atoms with Crippen molar-refractivity contribution in [2.75, 3.05) is 0 Å². The van der Waals surface area contributed by atoms with Gasteiger partial charge in [0, 0.05) is 5.33 Å². The van der Waals surface area contributed by atoms with Gasteiger partial charge in [0.25, 0.3) is 0 Å². The number of hydrogen-bond donors (Lipinski definition) is 0. The van der Waals surface area contributed by atoms with Gasteiger partial charge in [0.05, 0.1) is 0 Å². The van der Waals surface area contributed by atoms with Crippen molar-refractivity contribution in [2.24, 2.45) is 0 Å². The zero-order valence-corrected chi connectivity index (χ0v) is 11.6. The first-order chi connectivity index (χ1) is 9.01. The maximum Gasteiger partial charge on any atom is 0.198 e. The third kappa shape index (κ3) is 3.10. The van der Waals surface area contributed by atoms with Gasteiger partial charge in [-0.2, -0.15) is 0 Å². The fourth-order valence-electron chi connectivity index (χ4n) is 1.59. The van der Waals surface area contributed by atoms with E-state index in [2.05, 4.69) is 15.9 Å². The van der Waals surface area contributed by atoms with Crippen LogP contribution in [0.4, 0.5) is 13.2 Å². The van der Waals surface area contributed by atoms with E-state index in [0.717, 1.165) is 17.7 Å². The quantitative estimate of drug-likeness (QED) is 0.711. The average Bonchev–Trinajstić information content (AvgIpc) is 2.37. The van der Waals surface area contributed by atoms with Crippen LogP contribution in [-0.4, -0.2) is 0 Å². The first-order valence-corrected chi connectivity index (χ1v) is 6.61. The van der Waals surface area contributed by atoms with Gasteiger partial charge in [-0.25, -0.2) is 13.2 Å². The highest BCUT2D eigenvalue weighted by molar-refractivity contribution is 9.08. The van der Waals surface area contributed by atoms with Crippen molar-refractivity contribution in [3.8, 4) is 11.5 Å². The summed E-state index contributed by atoms with van der Waals surface area (Å²) in [6.45, 7) is 1.73. The monoisotopic (exact) mass is 330 g/mol. The van der Waals surface area contributed by atoms with Gasteiger partial charge in [0.1, 0.15) is 0 Å². The Labute approximate surface area is 117 Å². The van der Waals surface area contributed by atoms with Gasteiger partial charge in [0.2, 0.25) is 0 Å². The number of halogens is 4. The Balaban J connectivity index is 2.41. The molecule has 0 aromatic heterocycles. The van der Waals surface area contributed by atoms with Crippen LogP contribution in [0.25, 0.3) is 0 Å². The molecular formula is C14H10BrF3O. The molecule has 5 heteroatoms. The zero-order chi connectivity index (χ0) is 14.0. The third-order valence-electron chi connectivity index (χ3n) is 2.51. The molecule has 0 saturated heterocycles. The molecule has 0 amide bonds. The molecule has 19 heavy (non-hydrogen) atoms. The maximum atomic E-state index is 13.7. The lowest BCUT2D eigenvalue weighted by Crippen LogP contribution is -1.96. The van der Waals surface area contributed by atoms with Crippen molar-refractivity contribution < 1.29 is 17.9 Å². The van der Waals surface area contributed by atoms with Crippen molar-refractivity contribution >= 4 is 15.9 Å². The summed E-state index contributed by atoms with van der Waals surface area (Å²) in [5, 5.41) is 0.319. The number of rotatable bonds is 3. The van der Waals surface area contributed by atoms with Crippen LogP contribution in [0, 0.1) is 24.4 Å². The molecule has 0 aliphatic heterocycles. The highest BCUT2D eigenvalue weighted by atomic mass is 79.9. The molecule has 0 atom stereocenters. The molecule has 1 nitrogen and oxygen atoms in total. The van der Waals surface area contributed by atoms with E-state index >= 15 is 0 Å². The van der Waals surface area contributed by atoms with Crippen molar-refractivity contribution in [2.45, 2.75) is 12.3 Å². The summed E-state index contributed by atoms with van der Waals surface area (Å²) >= 11 is 3.10. The molecule has 0 saturated carbocycles. The van der Waals surface area contributed by atoms with E-state index in [1.54, 1.807) is 13.0 Å². The Morgan fingerprint density at radius 3 is 2.21 bits per heavy atom. The summed E-state index contributed by atoms with van der Waals surface area (Å²) in [5.74, 6) is -3.21. The molecule has 2 aromatic rings. The normalized spacial score (nSPS) is 10.6. The van der Waals surface area contributed by atoms with Crippen molar-refractivity contribution in [3.05, 3.63) is 58.9 Å². The van der Waals surface area contributed by atoms with E-state index in [-0.39, 0.29) is 5.75 Å². The predicted molar refractivity (Wildman–Crippen MR) is 70.2 cm³/mol. The van der Waals surface area contributed by atoms with Crippen LogP contribution in [-0.2, 0) is 5.33 Å². The van der Waals surface area contributed by atoms with E-state index in [1.165, 1.54) is 12.1 Å². The van der Waals surface area contributed by atoms with Gasteiger partial charge in [-0.15, -0.1) is 0 Å². The molecule has 0 radical (unpaired) electrons. The summed E-state index contributed by atoms with van der Waals surface area (Å²) in [4.78, 5) is 0. The smallest absolute Gasteiger partial charge is 0.198 e. The van der Waals surface area contributed by atoms with Crippen molar-refractivity contribution in [1.29, 1.82) is 0 Å². The molecule has 0 aliphatic rings. The van der Waals surface area contributed by atoms with Crippen molar-refractivity contribution in [3.63, 3.8) is 0 Å². The molecule has 100 valence electrons. The second-order valence-corrected chi connectivity index (χ2v) is 4.62. The molecule has 0 bridgehead atoms. The average molecular weight is 331 g/mol. The van der Waals surface area contributed by atoms with Gasteiger partial charge in [-0.1, -0.05) is 22.0 Å². The van der Waals surface area contributed by atoms with Crippen molar-refractivity contribution in [1.82, 2.24) is 0 Å². The van der Waals surface area contributed by atoms with E-state index in [1.807, 2.05) is 0 Å². The minimum absolute atomic E-state index is 0.204. The Hall–Kier alpha value is -1.49. The largest absolute Gasteiger partial charge is 0.448 e. The topological polar surface area (TPSA) is 9.23 Å². The first kappa shape index (κ1) is 13.9. The molecule has 0 aliphatic carbocycles. The van der Waals surface area contributed by atoms with Crippen LogP contribution in [0.15, 0.2) is 30.3 Å². The number of hydrogen-bond acceptors (Lipinski definition) is 1. The fraction of sp³-hybridized carbons (Fsp3) is 0.143. The van der Waals surface area contributed by atoms with Gasteiger partial charge in [-0.05, 0) is 42.3 Å². The Kier molecular flexibility index (Phi) is 4.14. The predicted octanol–water partition coefficient (Wildman–Crippen LogP) is 5.10. The lowest BCUT2D eigenvalue weighted by molar-refractivity contribution is 0.386. The summed E-state index contributed by atoms with van der Waals surface area (Å²) in [7, 11) is 0. The molecule has 2 aromatic carbocycles. The van der Waals surface area contributed by atoms with Crippen LogP contribution in [0.5, 0.6) is 11.5 Å². The molecule has 0 N–H and O–H groups in total.